The summed E-state index contributed by atoms with van der Waals surface area (Å²) in [5.74, 6) is 0.0321. The van der Waals surface area contributed by atoms with Crippen LogP contribution in [-0.4, -0.2) is 30.0 Å². The molecule has 1 aromatic heterocycles. The third-order valence-electron chi connectivity index (χ3n) is 3.66. The smallest absolute Gasteiger partial charge is 0.226 e. The van der Waals surface area contributed by atoms with Crippen LogP contribution in [0, 0.1) is 0 Å². The summed E-state index contributed by atoms with van der Waals surface area (Å²) in [6.45, 7) is 1.90. The minimum atomic E-state index is 0.0321. The van der Waals surface area contributed by atoms with Gasteiger partial charge < -0.3 is 10.6 Å². The maximum absolute atomic E-state index is 12.1. The molecule has 1 amide bonds. The van der Waals surface area contributed by atoms with E-state index in [0.717, 1.165) is 42.2 Å². The van der Waals surface area contributed by atoms with Crippen LogP contribution in [0.2, 0.25) is 5.02 Å². The summed E-state index contributed by atoms with van der Waals surface area (Å²) < 4.78 is 0. The number of rotatable bonds is 4. The van der Waals surface area contributed by atoms with Crippen LogP contribution in [-0.2, 0) is 11.2 Å². The molecule has 0 spiro atoms. The van der Waals surface area contributed by atoms with E-state index in [2.05, 4.69) is 15.6 Å². The van der Waals surface area contributed by atoms with Gasteiger partial charge in [-0.1, -0.05) is 29.8 Å². The predicted octanol–water partition coefficient (Wildman–Crippen LogP) is 2.87. The highest BCUT2D eigenvalue weighted by atomic mass is 35.5. The highest BCUT2D eigenvalue weighted by Crippen LogP contribution is 2.30. The standard InChI is InChI=1S/C16H18ClN3OS/c17-14-6-2-1-5-13(14)16-20-12(10-22-16)8-15(21)19-11-4-3-7-18-9-11/h1-2,5-6,10-11,18H,3-4,7-9H2,(H,19,21)/t11-/m0/s1. The molecule has 1 saturated heterocycles. The minimum Gasteiger partial charge on any atom is -0.352 e. The van der Waals surface area contributed by atoms with Crippen molar-refractivity contribution in [1.82, 2.24) is 15.6 Å². The number of halogens is 1. The van der Waals surface area contributed by atoms with Crippen molar-refractivity contribution in [3.05, 3.63) is 40.4 Å². The predicted molar refractivity (Wildman–Crippen MR) is 90.3 cm³/mol. The molecule has 1 fully saturated rings. The Morgan fingerprint density at radius 1 is 1.45 bits per heavy atom. The number of hydrogen-bond acceptors (Lipinski definition) is 4. The van der Waals surface area contributed by atoms with Crippen LogP contribution >= 0.6 is 22.9 Å². The molecular weight excluding hydrogens is 318 g/mol. The van der Waals surface area contributed by atoms with E-state index in [1.165, 1.54) is 11.3 Å². The Morgan fingerprint density at radius 2 is 2.32 bits per heavy atom. The number of piperidine rings is 1. The molecule has 0 radical (unpaired) electrons. The van der Waals surface area contributed by atoms with E-state index < -0.39 is 0 Å². The Labute approximate surface area is 138 Å². The molecule has 0 aliphatic carbocycles. The van der Waals surface area contributed by atoms with Crippen molar-refractivity contribution < 1.29 is 4.79 Å². The average Bonchev–Trinajstić information content (AvgIpc) is 2.97. The fourth-order valence-electron chi connectivity index (χ4n) is 2.56. The van der Waals surface area contributed by atoms with Gasteiger partial charge in [-0.05, 0) is 25.5 Å². The maximum Gasteiger partial charge on any atom is 0.226 e. The van der Waals surface area contributed by atoms with Gasteiger partial charge in [0.05, 0.1) is 17.1 Å². The van der Waals surface area contributed by atoms with Gasteiger partial charge in [-0.3, -0.25) is 4.79 Å². The number of benzene rings is 1. The molecule has 22 heavy (non-hydrogen) atoms. The van der Waals surface area contributed by atoms with Crippen LogP contribution in [0.5, 0.6) is 0 Å². The first-order valence-corrected chi connectivity index (χ1v) is 8.67. The Hall–Kier alpha value is -1.43. The van der Waals surface area contributed by atoms with Crippen molar-refractivity contribution in [3.63, 3.8) is 0 Å². The molecule has 2 heterocycles. The lowest BCUT2D eigenvalue weighted by molar-refractivity contribution is -0.121. The summed E-state index contributed by atoms with van der Waals surface area (Å²) in [7, 11) is 0. The second-order valence-corrected chi connectivity index (χ2v) is 6.68. The van der Waals surface area contributed by atoms with E-state index in [9.17, 15) is 4.79 Å². The minimum absolute atomic E-state index is 0.0321. The molecule has 0 bridgehead atoms. The van der Waals surface area contributed by atoms with Gasteiger partial charge in [-0.25, -0.2) is 4.98 Å². The summed E-state index contributed by atoms with van der Waals surface area (Å²) >= 11 is 7.70. The molecule has 0 unspecified atom stereocenters. The van der Waals surface area contributed by atoms with E-state index in [1.54, 1.807) is 0 Å². The zero-order valence-corrected chi connectivity index (χ0v) is 13.7. The SMILES string of the molecule is O=C(Cc1csc(-c2ccccc2Cl)n1)N[C@H]1CCCNC1. The Balaban J connectivity index is 1.62. The molecular formula is C16H18ClN3OS. The molecule has 0 saturated carbocycles. The maximum atomic E-state index is 12.1. The number of hydrogen-bond donors (Lipinski definition) is 2. The van der Waals surface area contributed by atoms with Crippen molar-refractivity contribution in [3.8, 4) is 10.6 Å². The summed E-state index contributed by atoms with van der Waals surface area (Å²) in [5.41, 5.74) is 1.71. The first-order chi connectivity index (χ1) is 10.7. The number of aromatic nitrogens is 1. The summed E-state index contributed by atoms with van der Waals surface area (Å²) in [6.07, 6.45) is 2.47. The summed E-state index contributed by atoms with van der Waals surface area (Å²) in [4.78, 5) is 16.6. The zero-order valence-electron chi connectivity index (χ0n) is 12.1. The Bertz CT molecular complexity index is 652. The van der Waals surface area contributed by atoms with Crippen LogP contribution in [0.1, 0.15) is 18.5 Å². The highest BCUT2D eigenvalue weighted by Gasteiger charge is 2.16. The lowest BCUT2D eigenvalue weighted by atomic mass is 10.1. The number of carbonyl (C=O) groups excluding carboxylic acids is 1. The monoisotopic (exact) mass is 335 g/mol. The van der Waals surface area contributed by atoms with Crippen LogP contribution < -0.4 is 10.6 Å². The molecule has 1 aromatic carbocycles. The van der Waals surface area contributed by atoms with Gasteiger partial charge in [0.15, 0.2) is 0 Å². The topological polar surface area (TPSA) is 54.0 Å². The molecule has 3 rings (SSSR count). The molecule has 1 atom stereocenters. The van der Waals surface area contributed by atoms with Gasteiger partial charge in [0.2, 0.25) is 5.91 Å². The van der Waals surface area contributed by atoms with Crippen molar-refractivity contribution in [2.75, 3.05) is 13.1 Å². The van der Waals surface area contributed by atoms with E-state index in [0.29, 0.717) is 11.4 Å². The normalized spacial score (nSPS) is 18.1. The second kappa shape index (κ2) is 7.22. The first kappa shape index (κ1) is 15.5. The Morgan fingerprint density at radius 3 is 3.09 bits per heavy atom. The molecule has 2 aromatic rings. The third kappa shape index (κ3) is 3.85. The number of thiazole rings is 1. The van der Waals surface area contributed by atoms with Crippen LogP contribution in [0.4, 0.5) is 0 Å². The van der Waals surface area contributed by atoms with Gasteiger partial charge in [0, 0.05) is 23.5 Å². The summed E-state index contributed by atoms with van der Waals surface area (Å²) in [5, 5.41) is 9.82. The van der Waals surface area contributed by atoms with Crippen molar-refractivity contribution >= 4 is 28.8 Å². The van der Waals surface area contributed by atoms with E-state index in [4.69, 9.17) is 11.6 Å². The molecule has 4 nitrogen and oxygen atoms in total. The van der Waals surface area contributed by atoms with E-state index >= 15 is 0 Å². The lowest BCUT2D eigenvalue weighted by Gasteiger charge is -2.23. The van der Waals surface area contributed by atoms with Crippen molar-refractivity contribution in [2.45, 2.75) is 25.3 Å². The highest BCUT2D eigenvalue weighted by molar-refractivity contribution is 7.13. The molecule has 6 heteroatoms. The van der Waals surface area contributed by atoms with Crippen molar-refractivity contribution in [1.29, 1.82) is 0 Å². The first-order valence-electron chi connectivity index (χ1n) is 7.42. The van der Waals surface area contributed by atoms with Gasteiger partial charge in [-0.2, -0.15) is 0 Å². The van der Waals surface area contributed by atoms with Gasteiger partial charge in [0.1, 0.15) is 5.01 Å². The quantitative estimate of drug-likeness (QED) is 0.903. The van der Waals surface area contributed by atoms with Gasteiger partial charge in [0.25, 0.3) is 0 Å². The van der Waals surface area contributed by atoms with Crippen LogP contribution in [0.3, 0.4) is 0 Å². The largest absolute Gasteiger partial charge is 0.352 e. The number of amides is 1. The van der Waals surface area contributed by atoms with Crippen LogP contribution in [0.15, 0.2) is 29.6 Å². The lowest BCUT2D eigenvalue weighted by Crippen LogP contribution is -2.46. The van der Waals surface area contributed by atoms with Gasteiger partial charge >= 0.3 is 0 Å². The fraction of sp³-hybridized carbons (Fsp3) is 0.375. The van der Waals surface area contributed by atoms with Crippen LogP contribution in [0.25, 0.3) is 10.6 Å². The Kier molecular flexibility index (Phi) is 5.08. The zero-order chi connectivity index (χ0) is 15.4. The fourth-order valence-corrected chi connectivity index (χ4v) is 3.70. The number of nitrogens with one attached hydrogen (secondary N) is 2. The van der Waals surface area contributed by atoms with E-state index in [-0.39, 0.29) is 11.9 Å². The van der Waals surface area contributed by atoms with E-state index in [1.807, 2.05) is 29.6 Å². The molecule has 1 aliphatic heterocycles. The second-order valence-electron chi connectivity index (χ2n) is 5.41. The van der Waals surface area contributed by atoms with Gasteiger partial charge in [-0.15, -0.1) is 11.3 Å². The molecule has 2 N–H and O–H groups in total. The molecule has 116 valence electrons. The summed E-state index contributed by atoms with van der Waals surface area (Å²) in [6, 6.07) is 7.86. The average molecular weight is 336 g/mol. The number of carbonyl (C=O) groups is 1. The third-order valence-corrected chi connectivity index (χ3v) is 4.91. The molecule has 1 aliphatic rings. The number of nitrogens with zero attached hydrogens (tertiary/aromatic N) is 1. The van der Waals surface area contributed by atoms with Crippen molar-refractivity contribution in [2.24, 2.45) is 0 Å².